The molecule has 0 bridgehead atoms. The molecular formula is C15H34Si. The summed E-state index contributed by atoms with van der Waals surface area (Å²) in [6.45, 7) is 14.7. The topological polar surface area (TPSA) is 0 Å². The molecule has 0 aliphatic heterocycles. The molecule has 0 saturated carbocycles. The zero-order chi connectivity index (χ0) is 12.6. The van der Waals surface area contributed by atoms with Crippen LogP contribution in [0.4, 0.5) is 0 Å². The van der Waals surface area contributed by atoms with Gasteiger partial charge in [-0.05, 0) is 0 Å². The van der Waals surface area contributed by atoms with E-state index in [1.54, 1.807) is 6.04 Å². The Balaban J connectivity index is 3.78. The molecule has 0 aromatic carbocycles. The number of hydrogen-bond donors (Lipinski definition) is 0. The van der Waals surface area contributed by atoms with Crippen LogP contribution in [0.25, 0.3) is 0 Å². The average Bonchev–Trinajstić information content (AvgIpc) is 2.22. The molecule has 0 N–H and O–H groups in total. The van der Waals surface area contributed by atoms with Gasteiger partial charge in [-0.3, -0.25) is 0 Å². The van der Waals surface area contributed by atoms with E-state index in [0.717, 1.165) is 11.1 Å². The van der Waals surface area contributed by atoms with Gasteiger partial charge in [0.25, 0.3) is 0 Å². The van der Waals surface area contributed by atoms with Crippen molar-refractivity contribution in [1.82, 2.24) is 0 Å². The van der Waals surface area contributed by atoms with Crippen molar-refractivity contribution < 1.29 is 0 Å². The number of rotatable bonds is 9. The average molecular weight is 243 g/mol. The Labute approximate surface area is 105 Å². The van der Waals surface area contributed by atoms with Gasteiger partial charge in [-0.2, -0.15) is 0 Å². The van der Waals surface area contributed by atoms with Crippen LogP contribution in [0.3, 0.4) is 0 Å². The maximum Gasteiger partial charge on any atom is 0.0556 e. The van der Waals surface area contributed by atoms with Gasteiger partial charge in [0.05, 0.1) is 8.07 Å². The van der Waals surface area contributed by atoms with Crippen molar-refractivity contribution in [1.29, 1.82) is 0 Å². The van der Waals surface area contributed by atoms with E-state index in [2.05, 4.69) is 41.2 Å². The molecule has 0 unspecified atom stereocenters. The fourth-order valence-corrected chi connectivity index (χ4v) is 6.03. The van der Waals surface area contributed by atoms with Crippen LogP contribution < -0.4 is 0 Å². The highest BCUT2D eigenvalue weighted by atomic mass is 28.3. The molecule has 98 valence electrons. The zero-order valence-electron chi connectivity index (χ0n) is 12.6. The van der Waals surface area contributed by atoms with Crippen molar-refractivity contribution in [3.8, 4) is 0 Å². The monoisotopic (exact) mass is 242 g/mol. The molecule has 0 aliphatic carbocycles. The summed E-state index contributed by atoms with van der Waals surface area (Å²) in [7, 11) is -0.973. The predicted octanol–water partition coefficient (Wildman–Crippen LogP) is 6.25. The van der Waals surface area contributed by atoms with Crippen LogP contribution in [-0.4, -0.2) is 8.07 Å². The minimum atomic E-state index is -0.973. The Bertz CT molecular complexity index is 153. The summed E-state index contributed by atoms with van der Waals surface area (Å²) in [5.74, 6) is 0. The van der Waals surface area contributed by atoms with Crippen molar-refractivity contribution in [2.45, 2.75) is 96.8 Å². The van der Waals surface area contributed by atoms with Gasteiger partial charge in [0.2, 0.25) is 0 Å². The minimum Gasteiger partial charge on any atom is -0.0688 e. The molecule has 0 radical (unpaired) electrons. The first-order valence-electron chi connectivity index (χ1n) is 7.45. The van der Waals surface area contributed by atoms with Crippen LogP contribution in [-0.2, 0) is 0 Å². The summed E-state index contributed by atoms with van der Waals surface area (Å²) >= 11 is 0. The normalized spacial score (nSPS) is 12.8. The summed E-state index contributed by atoms with van der Waals surface area (Å²) < 4.78 is 0. The van der Waals surface area contributed by atoms with Gasteiger partial charge in [0, 0.05) is 0 Å². The van der Waals surface area contributed by atoms with Gasteiger partial charge in [-0.1, -0.05) is 96.8 Å². The van der Waals surface area contributed by atoms with Gasteiger partial charge in [0.1, 0.15) is 0 Å². The molecule has 0 fully saturated rings. The van der Waals surface area contributed by atoms with Crippen LogP contribution in [0.15, 0.2) is 0 Å². The lowest BCUT2D eigenvalue weighted by molar-refractivity contribution is 0.619. The van der Waals surface area contributed by atoms with Crippen molar-refractivity contribution in [3.63, 3.8) is 0 Å². The van der Waals surface area contributed by atoms with Gasteiger partial charge in [-0.25, -0.2) is 0 Å². The van der Waals surface area contributed by atoms with E-state index in [-0.39, 0.29) is 0 Å². The fourth-order valence-electron chi connectivity index (χ4n) is 2.53. The highest BCUT2D eigenvalue weighted by Crippen LogP contribution is 2.37. The molecule has 16 heavy (non-hydrogen) atoms. The molecular weight excluding hydrogens is 208 g/mol. The van der Waals surface area contributed by atoms with E-state index in [0.29, 0.717) is 0 Å². The van der Waals surface area contributed by atoms with E-state index in [1.807, 2.05) is 0 Å². The van der Waals surface area contributed by atoms with Gasteiger partial charge >= 0.3 is 0 Å². The number of unbranched alkanes of at least 4 members (excludes halogenated alkanes) is 5. The van der Waals surface area contributed by atoms with E-state index >= 15 is 0 Å². The Morgan fingerprint density at radius 1 is 0.750 bits per heavy atom. The third kappa shape index (κ3) is 5.52. The summed E-state index contributed by atoms with van der Waals surface area (Å²) in [5, 5.41) is 0. The molecule has 0 saturated heterocycles. The van der Waals surface area contributed by atoms with E-state index in [9.17, 15) is 0 Å². The highest BCUT2D eigenvalue weighted by Gasteiger charge is 2.33. The Hall–Kier alpha value is 0.217. The summed E-state index contributed by atoms with van der Waals surface area (Å²) in [5.41, 5.74) is 1.89. The molecule has 0 aromatic heterocycles. The molecule has 0 rings (SSSR count). The minimum absolute atomic E-state index is 0.947. The molecule has 0 spiro atoms. The van der Waals surface area contributed by atoms with Crippen LogP contribution in [0.1, 0.15) is 73.1 Å². The van der Waals surface area contributed by atoms with Crippen LogP contribution in [0.5, 0.6) is 0 Å². The maximum atomic E-state index is 2.62. The second-order valence-electron chi connectivity index (χ2n) is 6.33. The molecule has 1 heteroatoms. The van der Waals surface area contributed by atoms with Crippen molar-refractivity contribution in [2.75, 3.05) is 0 Å². The van der Waals surface area contributed by atoms with Crippen molar-refractivity contribution in [3.05, 3.63) is 0 Å². The fraction of sp³-hybridized carbons (Fsp3) is 1.00. The van der Waals surface area contributed by atoms with E-state index in [1.165, 1.54) is 38.5 Å². The Morgan fingerprint density at radius 3 is 1.62 bits per heavy atom. The lowest BCUT2D eigenvalue weighted by atomic mass is 10.1. The highest BCUT2D eigenvalue weighted by molar-refractivity contribution is 6.81. The third-order valence-electron chi connectivity index (χ3n) is 4.71. The first kappa shape index (κ1) is 16.2. The maximum absolute atomic E-state index is 2.62. The van der Waals surface area contributed by atoms with E-state index < -0.39 is 8.07 Å². The van der Waals surface area contributed by atoms with Crippen LogP contribution >= 0.6 is 0 Å². The Morgan fingerprint density at radius 2 is 1.19 bits per heavy atom. The molecule has 0 nitrogen and oxygen atoms in total. The molecule has 0 aliphatic rings. The lowest BCUT2D eigenvalue weighted by Gasteiger charge is -2.36. The second kappa shape index (κ2) is 8.33. The van der Waals surface area contributed by atoms with Crippen molar-refractivity contribution >= 4 is 8.07 Å². The largest absolute Gasteiger partial charge is 0.0688 e. The Kier molecular flexibility index (Phi) is 8.44. The molecule has 0 atom stereocenters. The van der Waals surface area contributed by atoms with Gasteiger partial charge in [0.15, 0.2) is 0 Å². The van der Waals surface area contributed by atoms with Crippen LogP contribution in [0.2, 0.25) is 23.7 Å². The quantitative estimate of drug-likeness (QED) is 0.331. The first-order chi connectivity index (χ1) is 7.45. The van der Waals surface area contributed by atoms with Crippen molar-refractivity contribution in [2.24, 2.45) is 0 Å². The predicted molar refractivity (Wildman–Crippen MR) is 80.0 cm³/mol. The molecule has 0 aromatic rings. The van der Waals surface area contributed by atoms with Gasteiger partial charge in [-0.15, -0.1) is 0 Å². The zero-order valence-corrected chi connectivity index (χ0v) is 13.6. The number of hydrogen-bond acceptors (Lipinski definition) is 0. The molecule has 0 amide bonds. The van der Waals surface area contributed by atoms with Gasteiger partial charge < -0.3 is 0 Å². The second-order valence-corrected chi connectivity index (χ2v) is 12.2. The summed E-state index contributed by atoms with van der Waals surface area (Å²) in [6.07, 6.45) is 8.69. The summed E-state index contributed by atoms with van der Waals surface area (Å²) in [6, 6.07) is 1.55. The SMILES string of the molecule is CCCCCCCC[Si](C)(C(C)C)C(C)C. The molecule has 0 heterocycles. The third-order valence-corrected chi connectivity index (χ3v) is 11.4. The van der Waals surface area contributed by atoms with E-state index in [4.69, 9.17) is 0 Å². The summed E-state index contributed by atoms with van der Waals surface area (Å²) in [4.78, 5) is 0. The first-order valence-corrected chi connectivity index (χ1v) is 10.3. The smallest absolute Gasteiger partial charge is 0.0556 e. The van der Waals surface area contributed by atoms with Crippen LogP contribution in [0, 0.1) is 0 Å². The lowest BCUT2D eigenvalue weighted by Crippen LogP contribution is -2.37. The standard InChI is InChI=1S/C15H34Si/c1-7-8-9-10-11-12-13-16(6,14(2)3)15(4)5/h14-15H,7-13H2,1-6H3.